The lowest BCUT2D eigenvalue weighted by atomic mass is 9.87. The van der Waals surface area contributed by atoms with Crippen molar-refractivity contribution in [2.45, 2.75) is 32.6 Å². The topological polar surface area (TPSA) is 47.6 Å². The Morgan fingerprint density at radius 2 is 1.40 bits per heavy atom. The second-order valence-corrected chi connectivity index (χ2v) is 8.22. The Bertz CT molecular complexity index is 927. The molecule has 0 heterocycles. The van der Waals surface area contributed by atoms with Gasteiger partial charge in [0.15, 0.2) is 6.61 Å². The van der Waals surface area contributed by atoms with E-state index in [1.54, 1.807) is 0 Å². The standard InChI is InChI=1S/C26H29NO3/c1-26(2,3)21-9-13-24(14-10-21)30-19-25(28)27-22-11-15-23(16-12-22)29-18-17-20-7-5-4-6-8-20/h4-16H,17-19H2,1-3H3,(H,27,28). The van der Waals surface area contributed by atoms with E-state index in [9.17, 15) is 4.79 Å². The molecular weight excluding hydrogens is 374 g/mol. The first-order valence-corrected chi connectivity index (χ1v) is 10.2. The van der Waals surface area contributed by atoms with E-state index >= 15 is 0 Å². The summed E-state index contributed by atoms with van der Waals surface area (Å²) in [4.78, 5) is 12.2. The number of benzene rings is 3. The molecule has 3 aromatic rings. The van der Waals surface area contributed by atoms with Crippen molar-refractivity contribution in [1.29, 1.82) is 0 Å². The molecule has 0 aliphatic heterocycles. The van der Waals surface area contributed by atoms with E-state index in [0.29, 0.717) is 18.0 Å². The lowest BCUT2D eigenvalue weighted by molar-refractivity contribution is -0.118. The van der Waals surface area contributed by atoms with E-state index in [1.807, 2.05) is 66.7 Å². The molecule has 0 bridgehead atoms. The van der Waals surface area contributed by atoms with Gasteiger partial charge in [-0.1, -0.05) is 63.2 Å². The first-order valence-electron chi connectivity index (χ1n) is 10.2. The monoisotopic (exact) mass is 403 g/mol. The molecule has 0 aliphatic rings. The number of rotatable bonds is 8. The molecule has 0 unspecified atom stereocenters. The van der Waals surface area contributed by atoms with Gasteiger partial charge in [0.1, 0.15) is 11.5 Å². The fourth-order valence-corrected chi connectivity index (χ4v) is 2.96. The van der Waals surface area contributed by atoms with Gasteiger partial charge in [0.05, 0.1) is 6.61 Å². The molecule has 1 N–H and O–H groups in total. The van der Waals surface area contributed by atoms with E-state index in [1.165, 1.54) is 11.1 Å². The summed E-state index contributed by atoms with van der Waals surface area (Å²) in [5, 5.41) is 2.84. The number of nitrogens with one attached hydrogen (secondary N) is 1. The van der Waals surface area contributed by atoms with Crippen molar-refractivity contribution in [3.8, 4) is 11.5 Å². The summed E-state index contributed by atoms with van der Waals surface area (Å²) < 4.78 is 11.4. The van der Waals surface area contributed by atoms with Crippen LogP contribution in [-0.2, 0) is 16.6 Å². The zero-order valence-corrected chi connectivity index (χ0v) is 17.9. The molecule has 4 heteroatoms. The van der Waals surface area contributed by atoms with Crippen LogP contribution in [0.5, 0.6) is 11.5 Å². The Labute approximate surface area is 178 Å². The molecule has 30 heavy (non-hydrogen) atoms. The van der Waals surface area contributed by atoms with Crippen LogP contribution in [0.1, 0.15) is 31.9 Å². The molecule has 0 fully saturated rings. The van der Waals surface area contributed by atoms with Gasteiger partial charge < -0.3 is 14.8 Å². The maximum atomic E-state index is 12.2. The molecular formula is C26H29NO3. The van der Waals surface area contributed by atoms with E-state index in [-0.39, 0.29) is 17.9 Å². The minimum Gasteiger partial charge on any atom is -0.493 e. The van der Waals surface area contributed by atoms with Crippen LogP contribution in [0.25, 0.3) is 0 Å². The molecule has 4 nitrogen and oxygen atoms in total. The number of ether oxygens (including phenoxy) is 2. The largest absolute Gasteiger partial charge is 0.493 e. The van der Waals surface area contributed by atoms with E-state index in [4.69, 9.17) is 9.47 Å². The van der Waals surface area contributed by atoms with Crippen molar-refractivity contribution >= 4 is 11.6 Å². The Hall–Kier alpha value is -3.27. The number of hydrogen-bond acceptors (Lipinski definition) is 3. The molecule has 0 aliphatic carbocycles. The maximum absolute atomic E-state index is 12.2. The van der Waals surface area contributed by atoms with Gasteiger partial charge in [-0.2, -0.15) is 0 Å². The summed E-state index contributed by atoms with van der Waals surface area (Å²) in [6, 6.07) is 25.4. The Morgan fingerprint density at radius 3 is 2.03 bits per heavy atom. The molecule has 0 saturated heterocycles. The predicted molar refractivity (Wildman–Crippen MR) is 121 cm³/mol. The fraction of sp³-hybridized carbons (Fsp3) is 0.269. The molecule has 156 valence electrons. The van der Waals surface area contributed by atoms with Gasteiger partial charge in [-0.3, -0.25) is 4.79 Å². The van der Waals surface area contributed by atoms with Gasteiger partial charge in [-0.25, -0.2) is 0 Å². The summed E-state index contributed by atoms with van der Waals surface area (Å²) in [5.74, 6) is 1.26. The third-order valence-electron chi connectivity index (χ3n) is 4.73. The van der Waals surface area contributed by atoms with E-state index in [0.717, 1.165) is 12.2 Å². The van der Waals surface area contributed by atoms with Gasteiger partial charge in [0, 0.05) is 12.1 Å². The van der Waals surface area contributed by atoms with Crippen LogP contribution in [0.2, 0.25) is 0 Å². The van der Waals surface area contributed by atoms with Crippen LogP contribution in [0.3, 0.4) is 0 Å². The van der Waals surface area contributed by atoms with Crippen LogP contribution in [0.15, 0.2) is 78.9 Å². The molecule has 1 amide bonds. The molecule has 0 atom stereocenters. The van der Waals surface area contributed by atoms with Crippen LogP contribution in [-0.4, -0.2) is 19.1 Å². The van der Waals surface area contributed by atoms with Crippen LogP contribution < -0.4 is 14.8 Å². The van der Waals surface area contributed by atoms with Gasteiger partial charge in [0.2, 0.25) is 0 Å². The van der Waals surface area contributed by atoms with Gasteiger partial charge in [0.25, 0.3) is 5.91 Å². The highest BCUT2D eigenvalue weighted by Crippen LogP contribution is 2.24. The highest BCUT2D eigenvalue weighted by Gasteiger charge is 2.13. The van der Waals surface area contributed by atoms with Crippen LogP contribution >= 0.6 is 0 Å². The summed E-state index contributed by atoms with van der Waals surface area (Å²) in [6.45, 7) is 7.06. The molecule has 0 radical (unpaired) electrons. The zero-order valence-electron chi connectivity index (χ0n) is 17.9. The molecule has 3 aromatic carbocycles. The normalized spacial score (nSPS) is 11.0. The molecule has 0 saturated carbocycles. The zero-order chi connectivity index (χ0) is 21.4. The maximum Gasteiger partial charge on any atom is 0.262 e. The number of anilines is 1. The van der Waals surface area contributed by atoms with Crippen molar-refractivity contribution in [1.82, 2.24) is 0 Å². The van der Waals surface area contributed by atoms with E-state index < -0.39 is 0 Å². The fourth-order valence-electron chi connectivity index (χ4n) is 2.96. The lowest BCUT2D eigenvalue weighted by Crippen LogP contribution is -2.20. The highest BCUT2D eigenvalue weighted by atomic mass is 16.5. The average molecular weight is 404 g/mol. The predicted octanol–water partition coefficient (Wildman–Crippen LogP) is 5.62. The average Bonchev–Trinajstić information content (AvgIpc) is 2.74. The summed E-state index contributed by atoms with van der Waals surface area (Å²) in [6.07, 6.45) is 0.855. The van der Waals surface area contributed by atoms with Crippen molar-refractivity contribution < 1.29 is 14.3 Å². The lowest BCUT2D eigenvalue weighted by Gasteiger charge is -2.19. The van der Waals surface area contributed by atoms with E-state index in [2.05, 4.69) is 38.2 Å². The van der Waals surface area contributed by atoms with Crippen molar-refractivity contribution in [2.75, 3.05) is 18.5 Å². The van der Waals surface area contributed by atoms with Crippen molar-refractivity contribution in [3.05, 3.63) is 90.0 Å². The van der Waals surface area contributed by atoms with Gasteiger partial charge >= 0.3 is 0 Å². The second kappa shape index (κ2) is 9.97. The van der Waals surface area contributed by atoms with Crippen LogP contribution in [0, 0.1) is 0 Å². The van der Waals surface area contributed by atoms with Gasteiger partial charge in [-0.05, 0) is 52.9 Å². The molecule has 0 spiro atoms. The SMILES string of the molecule is CC(C)(C)c1ccc(OCC(=O)Nc2ccc(OCCc3ccccc3)cc2)cc1. The Balaban J connectivity index is 1.41. The smallest absolute Gasteiger partial charge is 0.262 e. The van der Waals surface area contributed by atoms with Crippen LogP contribution in [0.4, 0.5) is 5.69 Å². The third-order valence-corrected chi connectivity index (χ3v) is 4.73. The summed E-state index contributed by atoms with van der Waals surface area (Å²) in [5.41, 5.74) is 3.27. The van der Waals surface area contributed by atoms with Gasteiger partial charge in [-0.15, -0.1) is 0 Å². The minimum atomic E-state index is -0.201. The number of carbonyl (C=O) groups is 1. The number of hydrogen-bond donors (Lipinski definition) is 1. The Kier molecular flexibility index (Phi) is 7.12. The molecule has 3 rings (SSSR count). The number of carbonyl (C=O) groups excluding carboxylic acids is 1. The van der Waals surface area contributed by atoms with Crippen molar-refractivity contribution in [2.24, 2.45) is 0 Å². The first kappa shape index (κ1) is 21.4. The highest BCUT2D eigenvalue weighted by molar-refractivity contribution is 5.91. The minimum absolute atomic E-state index is 0.0375. The molecule has 0 aromatic heterocycles. The number of amides is 1. The second-order valence-electron chi connectivity index (χ2n) is 8.22. The summed E-state index contributed by atoms with van der Waals surface area (Å²) >= 11 is 0. The third kappa shape index (κ3) is 6.66. The first-order chi connectivity index (χ1) is 14.4. The quantitative estimate of drug-likeness (QED) is 0.531. The summed E-state index contributed by atoms with van der Waals surface area (Å²) in [7, 11) is 0. The van der Waals surface area contributed by atoms with Crippen molar-refractivity contribution in [3.63, 3.8) is 0 Å². The Morgan fingerprint density at radius 1 is 0.800 bits per heavy atom.